The lowest BCUT2D eigenvalue weighted by Gasteiger charge is -2.23. The number of aliphatic carboxylic acids is 1. The number of thioether (sulfide) groups is 1. The largest absolute Gasteiger partial charge is 0.481 e. The zero-order valence-electron chi connectivity index (χ0n) is 22.0. The molecule has 4 aromatic carbocycles. The second-order valence-corrected chi connectivity index (χ2v) is 11.3. The number of alkyl halides is 3. The Hall–Kier alpha value is -4.35. The Labute approximate surface area is 247 Å². The van der Waals surface area contributed by atoms with Crippen LogP contribution < -0.4 is 10.2 Å². The number of carboxylic acid groups (broad SMARTS) is 1. The second kappa shape index (κ2) is 12.7. The van der Waals surface area contributed by atoms with Gasteiger partial charge in [-0.1, -0.05) is 48.5 Å². The number of amides is 1. The third-order valence-corrected chi connectivity index (χ3v) is 7.93. The number of hydrogen-bond donors (Lipinski definition) is 2. The zero-order chi connectivity index (χ0) is 29.7. The molecule has 1 aromatic heterocycles. The Morgan fingerprint density at radius 2 is 1.64 bits per heavy atom. The molecule has 0 saturated heterocycles. The summed E-state index contributed by atoms with van der Waals surface area (Å²) in [6, 6.07) is 27.2. The van der Waals surface area contributed by atoms with Gasteiger partial charge in [-0.25, -0.2) is 4.98 Å². The molecule has 0 bridgehead atoms. The quantitative estimate of drug-likeness (QED) is 0.156. The molecule has 1 amide bonds. The summed E-state index contributed by atoms with van der Waals surface area (Å²) in [4.78, 5) is 29.9. The van der Waals surface area contributed by atoms with Crippen molar-refractivity contribution in [3.63, 3.8) is 0 Å². The first-order chi connectivity index (χ1) is 20.1. The topological polar surface area (TPSA) is 82.5 Å². The third kappa shape index (κ3) is 7.48. The van der Waals surface area contributed by atoms with Crippen LogP contribution in [0.4, 0.5) is 24.0 Å². The van der Waals surface area contributed by atoms with Crippen molar-refractivity contribution in [2.45, 2.75) is 23.4 Å². The summed E-state index contributed by atoms with van der Waals surface area (Å²) in [5.41, 5.74) is -0.760. The molecule has 0 unspecified atom stereocenters. The highest BCUT2D eigenvalue weighted by atomic mass is 32.2. The van der Waals surface area contributed by atoms with Crippen LogP contribution in [-0.4, -0.2) is 34.0 Å². The van der Waals surface area contributed by atoms with Crippen molar-refractivity contribution in [1.29, 1.82) is 0 Å². The van der Waals surface area contributed by atoms with Crippen LogP contribution in [0, 0.1) is 0 Å². The van der Waals surface area contributed by atoms with Crippen LogP contribution in [-0.2, 0) is 11.3 Å². The summed E-state index contributed by atoms with van der Waals surface area (Å²) >= 11 is 1.26. The van der Waals surface area contributed by atoms with E-state index in [4.69, 9.17) is 10.1 Å². The standard InChI is InChI=1S/C31H24F3N3O3S2/c32-31(33,34)42-26-13-11-25(12-14-26)37(18-20-5-7-22(8-6-20)29(40)35-16-15-28(38)39)30-36-27(19-41-30)24-10-9-21-3-1-2-4-23(21)17-24/h1-14,17,19H,15-16,18H2,(H,35,40)(H,38,39). The van der Waals surface area contributed by atoms with Crippen molar-refractivity contribution >= 4 is 56.6 Å². The van der Waals surface area contributed by atoms with Gasteiger partial charge in [-0.2, -0.15) is 13.2 Å². The molecule has 5 aromatic rings. The number of nitrogens with one attached hydrogen (secondary N) is 1. The Bertz CT molecular complexity index is 1700. The predicted octanol–water partition coefficient (Wildman–Crippen LogP) is 8.12. The summed E-state index contributed by atoms with van der Waals surface area (Å²) in [5.74, 6) is -1.38. The maximum Gasteiger partial charge on any atom is 0.446 e. The molecule has 0 aliphatic rings. The molecule has 0 fully saturated rings. The molecule has 0 atom stereocenters. The third-order valence-electron chi connectivity index (χ3n) is 6.33. The first-order valence-corrected chi connectivity index (χ1v) is 14.5. The van der Waals surface area contributed by atoms with Gasteiger partial charge in [0.15, 0.2) is 5.13 Å². The number of anilines is 2. The number of aromatic nitrogens is 1. The van der Waals surface area contributed by atoms with Crippen LogP contribution in [0.2, 0.25) is 0 Å². The van der Waals surface area contributed by atoms with Crippen LogP contribution in [0.1, 0.15) is 22.3 Å². The van der Waals surface area contributed by atoms with Gasteiger partial charge in [0.25, 0.3) is 5.91 Å². The van der Waals surface area contributed by atoms with Crippen LogP contribution in [0.25, 0.3) is 22.0 Å². The average Bonchev–Trinajstić information content (AvgIpc) is 3.45. The van der Waals surface area contributed by atoms with E-state index in [1.807, 2.05) is 46.7 Å². The predicted molar refractivity (Wildman–Crippen MR) is 160 cm³/mol. The smallest absolute Gasteiger partial charge is 0.446 e. The fourth-order valence-electron chi connectivity index (χ4n) is 4.30. The Balaban J connectivity index is 1.41. The molecule has 0 radical (unpaired) electrons. The lowest BCUT2D eigenvalue weighted by Crippen LogP contribution is -2.26. The Morgan fingerprint density at radius 3 is 2.33 bits per heavy atom. The highest BCUT2D eigenvalue weighted by Crippen LogP contribution is 2.39. The number of hydrogen-bond acceptors (Lipinski definition) is 6. The number of fused-ring (bicyclic) bond motifs is 1. The van der Waals surface area contributed by atoms with Crippen LogP contribution >= 0.6 is 23.1 Å². The van der Waals surface area contributed by atoms with E-state index in [1.165, 1.54) is 23.5 Å². The van der Waals surface area contributed by atoms with E-state index in [0.717, 1.165) is 27.6 Å². The van der Waals surface area contributed by atoms with Crippen LogP contribution in [0.5, 0.6) is 0 Å². The molecule has 11 heteroatoms. The van der Waals surface area contributed by atoms with E-state index in [9.17, 15) is 22.8 Å². The van der Waals surface area contributed by atoms with Gasteiger partial charge in [0, 0.05) is 33.6 Å². The van der Waals surface area contributed by atoms with Gasteiger partial charge in [-0.05, 0) is 70.6 Å². The summed E-state index contributed by atoms with van der Waals surface area (Å²) in [5, 5.41) is 16.2. The van der Waals surface area contributed by atoms with E-state index >= 15 is 0 Å². The minimum absolute atomic E-state index is 0.0237. The first kappa shape index (κ1) is 29.2. The van der Waals surface area contributed by atoms with E-state index in [2.05, 4.69) is 11.4 Å². The molecule has 2 N–H and O–H groups in total. The molecular formula is C31H24F3N3O3S2. The van der Waals surface area contributed by atoms with Gasteiger partial charge in [0.2, 0.25) is 0 Å². The van der Waals surface area contributed by atoms with Crippen molar-refractivity contribution in [2.75, 3.05) is 11.4 Å². The zero-order valence-corrected chi connectivity index (χ0v) is 23.6. The van der Waals surface area contributed by atoms with Crippen molar-refractivity contribution in [3.05, 3.63) is 108 Å². The monoisotopic (exact) mass is 607 g/mol. The average molecular weight is 608 g/mol. The summed E-state index contributed by atoms with van der Waals surface area (Å²) in [6.07, 6.45) is -0.173. The fraction of sp³-hybridized carbons (Fsp3) is 0.129. The molecule has 0 aliphatic carbocycles. The van der Waals surface area contributed by atoms with E-state index < -0.39 is 11.5 Å². The highest BCUT2D eigenvalue weighted by molar-refractivity contribution is 8.00. The number of carbonyl (C=O) groups excluding carboxylic acids is 1. The number of nitrogens with zero attached hydrogens (tertiary/aromatic N) is 2. The minimum atomic E-state index is -4.38. The molecule has 214 valence electrons. The number of carbonyl (C=O) groups is 2. The van der Waals surface area contributed by atoms with Gasteiger partial charge in [-0.3, -0.25) is 9.59 Å². The molecule has 1 heterocycles. The minimum Gasteiger partial charge on any atom is -0.481 e. The van der Waals surface area contributed by atoms with Gasteiger partial charge >= 0.3 is 11.5 Å². The SMILES string of the molecule is O=C(O)CCNC(=O)c1ccc(CN(c2ccc(SC(F)(F)F)cc2)c2nc(-c3ccc4ccccc4c3)cs2)cc1. The number of thiazole rings is 1. The fourth-order valence-corrected chi connectivity index (χ4v) is 5.69. The van der Waals surface area contributed by atoms with Crippen molar-refractivity contribution < 1.29 is 27.9 Å². The summed E-state index contributed by atoms with van der Waals surface area (Å²) in [7, 11) is 0. The lowest BCUT2D eigenvalue weighted by molar-refractivity contribution is -0.136. The maximum absolute atomic E-state index is 12.9. The summed E-state index contributed by atoms with van der Waals surface area (Å²) in [6.45, 7) is 0.368. The van der Waals surface area contributed by atoms with E-state index in [1.54, 1.807) is 36.4 Å². The molecule has 5 rings (SSSR count). The van der Waals surface area contributed by atoms with Gasteiger partial charge < -0.3 is 15.3 Å². The molecular weight excluding hydrogens is 583 g/mol. The number of rotatable bonds is 10. The molecule has 42 heavy (non-hydrogen) atoms. The van der Waals surface area contributed by atoms with E-state index in [-0.39, 0.29) is 35.5 Å². The Kier molecular flexibility index (Phi) is 8.79. The summed E-state index contributed by atoms with van der Waals surface area (Å²) < 4.78 is 38.7. The van der Waals surface area contributed by atoms with Crippen molar-refractivity contribution in [2.24, 2.45) is 0 Å². The van der Waals surface area contributed by atoms with Gasteiger partial charge in [0.05, 0.1) is 18.7 Å². The number of carboxylic acids is 1. The number of benzene rings is 4. The first-order valence-electron chi connectivity index (χ1n) is 12.8. The highest BCUT2D eigenvalue weighted by Gasteiger charge is 2.29. The van der Waals surface area contributed by atoms with E-state index in [0.29, 0.717) is 22.9 Å². The normalized spacial score (nSPS) is 11.4. The maximum atomic E-state index is 12.9. The molecule has 0 aliphatic heterocycles. The van der Waals surface area contributed by atoms with Crippen molar-refractivity contribution in [3.8, 4) is 11.3 Å². The van der Waals surface area contributed by atoms with Crippen molar-refractivity contribution in [1.82, 2.24) is 10.3 Å². The molecule has 0 spiro atoms. The second-order valence-electron chi connectivity index (χ2n) is 9.30. The number of halogens is 3. The van der Waals surface area contributed by atoms with Crippen LogP contribution in [0.3, 0.4) is 0 Å². The van der Waals surface area contributed by atoms with Gasteiger partial charge in [0.1, 0.15) is 0 Å². The molecule has 0 saturated carbocycles. The molecule has 6 nitrogen and oxygen atoms in total. The van der Waals surface area contributed by atoms with Gasteiger partial charge in [-0.15, -0.1) is 11.3 Å². The van der Waals surface area contributed by atoms with Crippen LogP contribution in [0.15, 0.2) is 101 Å². The lowest BCUT2D eigenvalue weighted by atomic mass is 10.1. The Morgan fingerprint density at radius 1 is 0.929 bits per heavy atom.